The molecule has 0 radical (unpaired) electrons. The highest BCUT2D eigenvalue weighted by Gasteiger charge is 2.09. The molecule has 0 spiro atoms. The van der Waals surface area contributed by atoms with Gasteiger partial charge in [-0.15, -0.1) is 10.2 Å². The van der Waals surface area contributed by atoms with Crippen molar-refractivity contribution in [3.05, 3.63) is 36.4 Å². The molecule has 21 heavy (non-hydrogen) atoms. The highest BCUT2D eigenvalue weighted by atomic mass is 16.5. The molecule has 0 bridgehead atoms. The molecular formula is C15H16N4O2. The summed E-state index contributed by atoms with van der Waals surface area (Å²) in [5.41, 5.74) is 8.82. The van der Waals surface area contributed by atoms with E-state index in [1.165, 1.54) is 0 Å². The van der Waals surface area contributed by atoms with Crippen molar-refractivity contribution in [2.75, 3.05) is 19.5 Å². The van der Waals surface area contributed by atoms with Crippen LogP contribution in [0.3, 0.4) is 0 Å². The Labute approximate surface area is 122 Å². The van der Waals surface area contributed by atoms with E-state index in [0.29, 0.717) is 18.0 Å². The second-order valence-corrected chi connectivity index (χ2v) is 4.50. The third kappa shape index (κ3) is 2.47. The Bertz CT molecular complexity index is 765. The minimum atomic E-state index is 0.558. The van der Waals surface area contributed by atoms with Gasteiger partial charge in [0.2, 0.25) is 0 Å². The Kier molecular flexibility index (Phi) is 3.35. The van der Waals surface area contributed by atoms with Crippen molar-refractivity contribution in [2.45, 2.75) is 6.92 Å². The minimum absolute atomic E-state index is 0.558. The maximum Gasteiger partial charge on any atom is 0.144 e. The lowest BCUT2D eigenvalue weighted by Gasteiger charge is -2.04. The molecule has 108 valence electrons. The van der Waals surface area contributed by atoms with E-state index in [4.69, 9.17) is 15.2 Å². The van der Waals surface area contributed by atoms with Gasteiger partial charge in [-0.3, -0.25) is 0 Å². The molecule has 0 aliphatic rings. The van der Waals surface area contributed by atoms with Gasteiger partial charge in [0, 0.05) is 6.07 Å². The fourth-order valence-corrected chi connectivity index (χ4v) is 2.07. The summed E-state index contributed by atoms with van der Waals surface area (Å²) < 4.78 is 10.6. The topological polar surface area (TPSA) is 75.2 Å². The van der Waals surface area contributed by atoms with Crippen molar-refractivity contribution in [1.82, 2.24) is 15.0 Å². The first-order chi connectivity index (χ1) is 10.2. The number of ether oxygens (including phenoxy) is 2. The van der Waals surface area contributed by atoms with Gasteiger partial charge in [-0.25, -0.2) is 0 Å². The van der Waals surface area contributed by atoms with Crippen LogP contribution < -0.4 is 15.2 Å². The lowest BCUT2D eigenvalue weighted by atomic mass is 10.2. The van der Waals surface area contributed by atoms with Crippen molar-refractivity contribution in [3.8, 4) is 17.2 Å². The van der Waals surface area contributed by atoms with E-state index < -0.39 is 0 Å². The summed E-state index contributed by atoms with van der Waals surface area (Å²) in [6.45, 7) is 2.47. The van der Waals surface area contributed by atoms with Crippen molar-refractivity contribution >= 4 is 16.7 Å². The number of aromatic nitrogens is 3. The summed E-state index contributed by atoms with van der Waals surface area (Å²) in [4.78, 5) is 1.57. The molecule has 2 aromatic carbocycles. The van der Waals surface area contributed by atoms with Crippen molar-refractivity contribution in [2.24, 2.45) is 0 Å². The molecule has 0 unspecified atom stereocenters. The van der Waals surface area contributed by atoms with Crippen LogP contribution in [0.2, 0.25) is 0 Å². The zero-order valence-electron chi connectivity index (χ0n) is 11.9. The average Bonchev–Trinajstić information content (AvgIpc) is 2.91. The minimum Gasteiger partial charge on any atom is -0.497 e. The average molecular weight is 284 g/mol. The number of anilines is 1. The van der Waals surface area contributed by atoms with Crippen LogP contribution in [0.4, 0.5) is 5.69 Å². The van der Waals surface area contributed by atoms with Crippen LogP contribution in [0, 0.1) is 0 Å². The monoisotopic (exact) mass is 284 g/mol. The van der Waals surface area contributed by atoms with E-state index in [2.05, 4.69) is 10.2 Å². The van der Waals surface area contributed by atoms with E-state index in [1.54, 1.807) is 24.0 Å². The number of rotatable bonds is 4. The van der Waals surface area contributed by atoms with Crippen LogP contribution in [-0.4, -0.2) is 28.7 Å². The van der Waals surface area contributed by atoms with E-state index in [1.807, 2.05) is 31.2 Å². The van der Waals surface area contributed by atoms with Gasteiger partial charge in [-0.05, 0) is 37.3 Å². The third-order valence-electron chi connectivity index (χ3n) is 3.12. The Morgan fingerprint density at radius 3 is 2.38 bits per heavy atom. The highest BCUT2D eigenvalue weighted by molar-refractivity contribution is 5.81. The van der Waals surface area contributed by atoms with Crippen molar-refractivity contribution in [3.63, 3.8) is 0 Å². The second-order valence-electron chi connectivity index (χ2n) is 4.50. The molecule has 1 heterocycles. The number of nitrogen functional groups attached to an aromatic ring is 1. The van der Waals surface area contributed by atoms with Gasteiger partial charge in [0.05, 0.1) is 25.1 Å². The van der Waals surface area contributed by atoms with Gasteiger partial charge < -0.3 is 15.2 Å². The molecule has 0 saturated heterocycles. The van der Waals surface area contributed by atoms with Crippen LogP contribution >= 0.6 is 0 Å². The standard InChI is InChI=1S/C15H16N4O2/c1-3-21-15-9-14-13(8-12(15)16)17-19(18-14)10-4-6-11(20-2)7-5-10/h4-9H,3,16H2,1-2H3. The van der Waals surface area contributed by atoms with Gasteiger partial charge >= 0.3 is 0 Å². The Hall–Kier alpha value is -2.76. The quantitative estimate of drug-likeness (QED) is 0.745. The molecular weight excluding hydrogens is 268 g/mol. The molecule has 0 fully saturated rings. The van der Waals surface area contributed by atoms with Gasteiger partial charge in [-0.1, -0.05) is 0 Å². The molecule has 2 N–H and O–H groups in total. The lowest BCUT2D eigenvalue weighted by Crippen LogP contribution is -1.98. The smallest absolute Gasteiger partial charge is 0.144 e. The molecule has 0 atom stereocenters. The van der Waals surface area contributed by atoms with Crippen LogP contribution in [0.15, 0.2) is 36.4 Å². The third-order valence-corrected chi connectivity index (χ3v) is 3.12. The first-order valence-electron chi connectivity index (χ1n) is 6.65. The summed E-state index contributed by atoms with van der Waals surface area (Å²) in [5.74, 6) is 1.42. The maximum atomic E-state index is 5.94. The summed E-state index contributed by atoms with van der Waals surface area (Å²) in [6, 6.07) is 11.1. The highest BCUT2D eigenvalue weighted by Crippen LogP contribution is 2.26. The van der Waals surface area contributed by atoms with Crippen LogP contribution in [0.1, 0.15) is 6.92 Å². The number of hydrogen-bond acceptors (Lipinski definition) is 5. The largest absolute Gasteiger partial charge is 0.497 e. The Balaban J connectivity index is 2.03. The van der Waals surface area contributed by atoms with E-state index in [9.17, 15) is 0 Å². The molecule has 6 heteroatoms. The molecule has 0 aliphatic heterocycles. The summed E-state index contributed by atoms with van der Waals surface area (Å²) in [6.07, 6.45) is 0. The fourth-order valence-electron chi connectivity index (χ4n) is 2.07. The number of fused-ring (bicyclic) bond motifs is 1. The van der Waals surface area contributed by atoms with E-state index in [-0.39, 0.29) is 0 Å². The summed E-state index contributed by atoms with van der Waals surface area (Å²) in [7, 11) is 1.63. The summed E-state index contributed by atoms with van der Waals surface area (Å²) >= 11 is 0. The Morgan fingerprint density at radius 1 is 1.10 bits per heavy atom. The molecule has 1 aromatic heterocycles. The van der Waals surface area contributed by atoms with Crippen molar-refractivity contribution < 1.29 is 9.47 Å². The predicted molar refractivity (Wildman–Crippen MR) is 81.0 cm³/mol. The number of hydrogen-bond donors (Lipinski definition) is 1. The van der Waals surface area contributed by atoms with Crippen molar-refractivity contribution in [1.29, 1.82) is 0 Å². The van der Waals surface area contributed by atoms with Crippen LogP contribution in [-0.2, 0) is 0 Å². The molecule has 6 nitrogen and oxygen atoms in total. The number of nitrogens with two attached hydrogens (primary N) is 1. The van der Waals surface area contributed by atoms with Gasteiger partial charge in [-0.2, -0.15) is 4.80 Å². The second kappa shape index (κ2) is 5.32. The van der Waals surface area contributed by atoms with E-state index >= 15 is 0 Å². The van der Waals surface area contributed by atoms with Gasteiger partial charge in [0.1, 0.15) is 22.5 Å². The maximum absolute atomic E-state index is 5.94. The molecule has 0 amide bonds. The first-order valence-corrected chi connectivity index (χ1v) is 6.65. The summed E-state index contributed by atoms with van der Waals surface area (Å²) in [5, 5.41) is 8.88. The van der Waals surface area contributed by atoms with Crippen LogP contribution in [0.25, 0.3) is 16.7 Å². The number of benzene rings is 2. The molecule has 0 saturated carbocycles. The normalized spacial score (nSPS) is 10.8. The predicted octanol–water partition coefficient (Wildman–Crippen LogP) is 2.41. The molecule has 3 rings (SSSR count). The Morgan fingerprint density at radius 2 is 1.76 bits per heavy atom. The number of nitrogens with zero attached hydrogens (tertiary/aromatic N) is 3. The zero-order valence-corrected chi connectivity index (χ0v) is 11.9. The van der Waals surface area contributed by atoms with Crippen LogP contribution in [0.5, 0.6) is 11.5 Å². The molecule has 3 aromatic rings. The van der Waals surface area contributed by atoms with Gasteiger partial charge in [0.15, 0.2) is 0 Å². The lowest BCUT2D eigenvalue weighted by molar-refractivity contribution is 0.342. The zero-order chi connectivity index (χ0) is 14.8. The molecule has 0 aliphatic carbocycles. The fraction of sp³-hybridized carbons (Fsp3) is 0.200. The number of methoxy groups -OCH3 is 1. The first kappa shape index (κ1) is 13.2. The SMILES string of the molecule is CCOc1cc2nn(-c3ccc(OC)cc3)nc2cc1N. The van der Waals surface area contributed by atoms with Gasteiger partial charge in [0.25, 0.3) is 0 Å². The van der Waals surface area contributed by atoms with E-state index in [0.717, 1.165) is 22.5 Å².